The zero-order valence-electron chi connectivity index (χ0n) is 13.9. The molecular formula is C19H18FNO3S. The molecule has 0 aromatic heterocycles. The number of nitrogens with one attached hydrogen (secondary N) is 1. The molecule has 2 aromatic carbocycles. The Bertz CT molecular complexity index is 799. The summed E-state index contributed by atoms with van der Waals surface area (Å²) >= 11 is 1.45. The van der Waals surface area contributed by atoms with Crippen LogP contribution in [0.15, 0.2) is 47.4 Å². The molecule has 130 valence electrons. The van der Waals surface area contributed by atoms with Gasteiger partial charge in [0.1, 0.15) is 11.1 Å². The van der Waals surface area contributed by atoms with Gasteiger partial charge in [0.15, 0.2) is 6.10 Å². The Morgan fingerprint density at radius 2 is 2.04 bits per heavy atom. The smallest absolute Gasteiger partial charge is 0.320 e. The Morgan fingerprint density at radius 3 is 2.76 bits per heavy atom. The van der Waals surface area contributed by atoms with Crippen LogP contribution in [0.5, 0.6) is 0 Å². The van der Waals surface area contributed by atoms with Gasteiger partial charge in [-0.3, -0.25) is 9.59 Å². The van der Waals surface area contributed by atoms with Crippen molar-refractivity contribution in [3.8, 4) is 0 Å². The van der Waals surface area contributed by atoms with Gasteiger partial charge in [-0.15, -0.1) is 11.8 Å². The van der Waals surface area contributed by atoms with E-state index in [1.54, 1.807) is 19.1 Å². The van der Waals surface area contributed by atoms with Crippen molar-refractivity contribution in [3.05, 3.63) is 59.4 Å². The molecule has 1 heterocycles. The van der Waals surface area contributed by atoms with Crippen LogP contribution >= 0.6 is 11.8 Å². The number of anilines is 1. The second-order valence-corrected chi connectivity index (χ2v) is 7.20. The van der Waals surface area contributed by atoms with Crippen molar-refractivity contribution < 1.29 is 18.7 Å². The van der Waals surface area contributed by atoms with Gasteiger partial charge in [0.2, 0.25) is 0 Å². The van der Waals surface area contributed by atoms with Gasteiger partial charge in [-0.05, 0) is 49.6 Å². The summed E-state index contributed by atoms with van der Waals surface area (Å²) in [6.07, 6.45) is -0.363. The fourth-order valence-electron chi connectivity index (χ4n) is 2.53. The second kappa shape index (κ2) is 7.27. The lowest BCUT2D eigenvalue weighted by Crippen LogP contribution is -2.33. The molecule has 1 amide bonds. The SMILES string of the molecule is Cc1ccc(NC(=O)C(C)OC(=O)C2Cc3ccccc3S2)cc1F. The fraction of sp³-hybridized carbons (Fsp3) is 0.263. The molecule has 2 aromatic rings. The van der Waals surface area contributed by atoms with Crippen LogP contribution in [0.2, 0.25) is 0 Å². The first-order valence-corrected chi connectivity index (χ1v) is 8.84. The van der Waals surface area contributed by atoms with E-state index in [9.17, 15) is 14.0 Å². The Morgan fingerprint density at radius 1 is 1.28 bits per heavy atom. The van der Waals surface area contributed by atoms with Crippen LogP contribution < -0.4 is 5.32 Å². The van der Waals surface area contributed by atoms with Crippen LogP contribution in [-0.2, 0) is 20.7 Å². The lowest BCUT2D eigenvalue weighted by Gasteiger charge is -2.16. The second-order valence-electron chi connectivity index (χ2n) is 5.95. The molecule has 1 N–H and O–H groups in total. The standard InChI is InChI=1S/C19H18FNO3S/c1-11-7-8-14(10-15(11)20)21-18(22)12(2)24-19(23)17-9-13-5-3-4-6-16(13)25-17/h3-8,10,12,17H,9H2,1-2H3,(H,21,22). The molecule has 0 radical (unpaired) electrons. The number of benzene rings is 2. The van der Waals surface area contributed by atoms with Gasteiger partial charge in [-0.2, -0.15) is 0 Å². The molecule has 0 aliphatic carbocycles. The van der Waals surface area contributed by atoms with Gasteiger partial charge in [0, 0.05) is 10.6 Å². The normalized spacial score (nSPS) is 16.8. The van der Waals surface area contributed by atoms with E-state index in [-0.39, 0.29) is 5.25 Å². The van der Waals surface area contributed by atoms with Crippen LogP contribution in [0, 0.1) is 12.7 Å². The van der Waals surface area contributed by atoms with Crippen LogP contribution in [-0.4, -0.2) is 23.2 Å². The largest absolute Gasteiger partial charge is 0.452 e. The summed E-state index contributed by atoms with van der Waals surface area (Å²) in [6, 6.07) is 12.2. The van der Waals surface area contributed by atoms with E-state index in [4.69, 9.17) is 4.74 Å². The zero-order chi connectivity index (χ0) is 18.0. The number of ether oxygens (including phenoxy) is 1. The van der Waals surface area contributed by atoms with Crippen molar-refractivity contribution >= 4 is 29.3 Å². The van der Waals surface area contributed by atoms with Crippen molar-refractivity contribution in [1.29, 1.82) is 0 Å². The molecule has 1 aliphatic heterocycles. The molecule has 0 saturated carbocycles. The van der Waals surface area contributed by atoms with Crippen LogP contribution in [0.3, 0.4) is 0 Å². The number of aryl methyl sites for hydroxylation is 1. The third-order valence-corrected chi connectivity index (χ3v) is 5.31. The van der Waals surface area contributed by atoms with Crippen LogP contribution in [0.25, 0.3) is 0 Å². The van der Waals surface area contributed by atoms with E-state index in [1.165, 1.54) is 24.8 Å². The van der Waals surface area contributed by atoms with Gasteiger partial charge in [-0.25, -0.2) is 4.39 Å². The molecule has 3 rings (SSSR count). The molecular weight excluding hydrogens is 341 g/mol. The zero-order valence-corrected chi connectivity index (χ0v) is 14.7. The summed E-state index contributed by atoms with van der Waals surface area (Å²) in [5, 5.41) is 2.22. The number of esters is 1. The molecule has 2 unspecified atom stereocenters. The number of halogens is 1. The number of hydrogen-bond acceptors (Lipinski definition) is 4. The number of carbonyl (C=O) groups excluding carboxylic acids is 2. The predicted molar refractivity (Wildman–Crippen MR) is 95.1 cm³/mol. The highest BCUT2D eigenvalue weighted by Crippen LogP contribution is 2.37. The molecule has 0 fully saturated rings. The van der Waals surface area contributed by atoms with E-state index in [0.717, 1.165) is 10.5 Å². The molecule has 25 heavy (non-hydrogen) atoms. The number of fused-ring (bicyclic) bond motifs is 1. The first-order valence-electron chi connectivity index (χ1n) is 7.96. The number of carbonyl (C=O) groups is 2. The quantitative estimate of drug-likeness (QED) is 0.846. The van der Waals surface area contributed by atoms with E-state index < -0.39 is 23.8 Å². The predicted octanol–water partition coefficient (Wildman–Crippen LogP) is 3.72. The monoisotopic (exact) mass is 359 g/mol. The molecule has 0 saturated heterocycles. The summed E-state index contributed by atoms with van der Waals surface area (Å²) in [6.45, 7) is 3.15. The van der Waals surface area contributed by atoms with Gasteiger partial charge in [0.25, 0.3) is 5.91 Å². The minimum atomic E-state index is -0.957. The lowest BCUT2D eigenvalue weighted by atomic mass is 10.1. The topological polar surface area (TPSA) is 55.4 Å². The third kappa shape index (κ3) is 4.02. The average molecular weight is 359 g/mol. The number of amides is 1. The average Bonchev–Trinajstić information content (AvgIpc) is 3.02. The van der Waals surface area contributed by atoms with E-state index in [1.807, 2.05) is 24.3 Å². The maximum absolute atomic E-state index is 13.5. The van der Waals surface area contributed by atoms with E-state index in [2.05, 4.69) is 5.32 Å². The minimum Gasteiger partial charge on any atom is -0.452 e. The summed E-state index contributed by atoms with van der Waals surface area (Å²) in [4.78, 5) is 25.5. The van der Waals surface area contributed by atoms with E-state index in [0.29, 0.717) is 17.7 Å². The van der Waals surface area contributed by atoms with Gasteiger partial charge in [-0.1, -0.05) is 24.3 Å². The van der Waals surface area contributed by atoms with Crippen molar-refractivity contribution in [3.63, 3.8) is 0 Å². The van der Waals surface area contributed by atoms with E-state index >= 15 is 0 Å². The molecule has 0 spiro atoms. The Balaban J connectivity index is 1.56. The maximum atomic E-state index is 13.5. The molecule has 4 nitrogen and oxygen atoms in total. The molecule has 6 heteroatoms. The molecule has 0 bridgehead atoms. The number of thioether (sulfide) groups is 1. The van der Waals surface area contributed by atoms with Gasteiger partial charge in [0.05, 0.1) is 0 Å². The highest BCUT2D eigenvalue weighted by molar-refractivity contribution is 8.01. The van der Waals surface area contributed by atoms with Crippen LogP contribution in [0.4, 0.5) is 10.1 Å². The van der Waals surface area contributed by atoms with Crippen molar-refractivity contribution in [2.24, 2.45) is 0 Å². The van der Waals surface area contributed by atoms with Crippen molar-refractivity contribution in [2.45, 2.75) is 36.5 Å². The first-order chi connectivity index (χ1) is 11.9. The third-order valence-electron chi connectivity index (χ3n) is 4.01. The number of rotatable bonds is 4. The molecule has 1 aliphatic rings. The minimum absolute atomic E-state index is 0.332. The summed E-state index contributed by atoms with van der Waals surface area (Å²) in [5.74, 6) is -1.31. The summed E-state index contributed by atoms with van der Waals surface area (Å²) in [5.41, 5.74) is 1.94. The molecule has 2 atom stereocenters. The highest BCUT2D eigenvalue weighted by Gasteiger charge is 2.31. The first kappa shape index (κ1) is 17.5. The van der Waals surface area contributed by atoms with Crippen LogP contribution in [0.1, 0.15) is 18.1 Å². The Labute approximate surface area is 149 Å². The van der Waals surface area contributed by atoms with Gasteiger partial charge >= 0.3 is 5.97 Å². The lowest BCUT2D eigenvalue weighted by molar-refractivity contribution is -0.152. The Hall–Kier alpha value is -2.34. The maximum Gasteiger partial charge on any atom is 0.320 e. The Kier molecular flexibility index (Phi) is 5.08. The van der Waals surface area contributed by atoms with Gasteiger partial charge < -0.3 is 10.1 Å². The van der Waals surface area contributed by atoms with Crippen molar-refractivity contribution in [1.82, 2.24) is 0 Å². The fourth-order valence-corrected chi connectivity index (χ4v) is 3.71. The summed E-state index contributed by atoms with van der Waals surface area (Å²) < 4.78 is 18.8. The number of hydrogen-bond donors (Lipinski definition) is 1. The highest BCUT2D eigenvalue weighted by atomic mass is 32.2. The van der Waals surface area contributed by atoms with Crippen molar-refractivity contribution in [2.75, 3.05) is 5.32 Å². The summed E-state index contributed by atoms with van der Waals surface area (Å²) in [7, 11) is 0.